The number of rotatable bonds is 6. The molecule has 1 aliphatic heterocycles. The number of anilines is 1. The van der Waals surface area contributed by atoms with E-state index in [4.69, 9.17) is 25.8 Å². The van der Waals surface area contributed by atoms with Gasteiger partial charge in [-0.15, -0.1) is 0 Å². The summed E-state index contributed by atoms with van der Waals surface area (Å²) in [4.78, 5) is 0. The lowest BCUT2D eigenvalue weighted by atomic mass is 10.2. The van der Waals surface area contributed by atoms with Crippen molar-refractivity contribution in [2.45, 2.75) is 13.2 Å². The second-order valence-corrected chi connectivity index (χ2v) is 6.79. The zero-order valence-corrected chi connectivity index (χ0v) is 15.8. The summed E-state index contributed by atoms with van der Waals surface area (Å²) in [5, 5.41) is 3.73. The van der Waals surface area contributed by atoms with Crippen LogP contribution in [0.1, 0.15) is 11.1 Å². The molecule has 1 aliphatic rings. The molecule has 0 spiro atoms. The van der Waals surface area contributed by atoms with Gasteiger partial charge in [0, 0.05) is 23.9 Å². The van der Waals surface area contributed by atoms with Crippen LogP contribution in [0.4, 0.5) is 10.1 Å². The fourth-order valence-electron chi connectivity index (χ4n) is 2.86. The van der Waals surface area contributed by atoms with Crippen LogP contribution in [0.5, 0.6) is 17.2 Å². The quantitative estimate of drug-likeness (QED) is 0.599. The molecule has 1 N–H and O–H groups in total. The first-order valence-corrected chi connectivity index (χ1v) is 9.34. The molecule has 4 nitrogen and oxygen atoms in total. The Balaban J connectivity index is 1.32. The number of fused-ring (bicyclic) bond motifs is 1. The fourth-order valence-corrected chi connectivity index (χ4v) is 3.08. The van der Waals surface area contributed by atoms with Crippen molar-refractivity contribution >= 4 is 17.3 Å². The Hall–Kier alpha value is -2.92. The summed E-state index contributed by atoms with van der Waals surface area (Å²) in [5.41, 5.74) is 2.82. The van der Waals surface area contributed by atoms with E-state index in [-0.39, 0.29) is 12.4 Å². The highest BCUT2D eigenvalue weighted by Crippen LogP contribution is 2.32. The van der Waals surface area contributed by atoms with Crippen LogP contribution >= 0.6 is 11.6 Å². The smallest absolute Gasteiger partial charge is 0.163 e. The monoisotopic (exact) mass is 399 g/mol. The highest BCUT2D eigenvalue weighted by molar-refractivity contribution is 6.31. The molecule has 28 heavy (non-hydrogen) atoms. The summed E-state index contributed by atoms with van der Waals surface area (Å²) in [6.07, 6.45) is 0. The average Bonchev–Trinajstić information content (AvgIpc) is 2.72. The molecule has 144 valence electrons. The van der Waals surface area contributed by atoms with E-state index in [0.29, 0.717) is 24.8 Å². The molecule has 0 bridgehead atoms. The van der Waals surface area contributed by atoms with Crippen molar-refractivity contribution in [2.24, 2.45) is 0 Å². The molecule has 0 radical (unpaired) electrons. The van der Waals surface area contributed by atoms with E-state index < -0.39 is 0 Å². The van der Waals surface area contributed by atoms with E-state index in [0.717, 1.165) is 34.1 Å². The first-order chi connectivity index (χ1) is 13.7. The van der Waals surface area contributed by atoms with Gasteiger partial charge in [0.25, 0.3) is 0 Å². The van der Waals surface area contributed by atoms with Crippen LogP contribution in [0.3, 0.4) is 0 Å². The SMILES string of the molecule is Fc1ccc(COc2ccc(CNc3ccc4c(c3)OCCO4)cc2)c(Cl)c1. The second kappa shape index (κ2) is 8.40. The Bertz CT molecular complexity index is 962. The van der Waals surface area contributed by atoms with Gasteiger partial charge in [0.1, 0.15) is 31.4 Å². The predicted molar refractivity (Wildman–Crippen MR) is 107 cm³/mol. The summed E-state index contributed by atoms with van der Waals surface area (Å²) in [6, 6.07) is 17.9. The van der Waals surface area contributed by atoms with E-state index in [1.54, 1.807) is 6.07 Å². The molecule has 4 rings (SSSR count). The second-order valence-electron chi connectivity index (χ2n) is 6.38. The Kier molecular flexibility index (Phi) is 5.53. The van der Waals surface area contributed by atoms with Gasteiger partial charge in [0.15, 0.2) is 11.5 Å². The van der Waals surface area contributed by atoms with Gasteiger partial charge in [-0.3, -0.25) is 0 Å². The molecular formula is C22H19ClFNO3. The Labute approximate surface area is 167 Å². The summed E-state index contributed by atoms with van der Waals surface area (Å²) in [5.74, 6) is 1.91. The van der Waals surface area contributed by atoms with Crippen molar-refractivity contribution in [3.8, 4) is 17.2 Å². The lowest BCUT2D eigenvalue weighted by Crippen LogP contribution is -2.15. The largest absolute Gasteiger partial charge is 0.489 e. The fraction of sp³-hybridized carbons (Fsp3) is 0.182. The third kappa shape index (κ3) is 4.49. The standard InChI is InChI=1S/C22H19ClFNO3/c23-20-11-17(24)4-3-16(20)14-28-19-6-1-15(2-7-19)13-25-18-5-8-21-22(12-18)27-10-9-26-21/h1-8,11-12,25H,9-10,13-14H2. The van der Waals surface area contributed by atoms with Crippen molar-refractivity contribution < 1.29 is 18.6 Å². The van der Waals surface area contributed by atoms with Crippen molar-refractivity contribution in [3.05, 3.63) is 82.6 Å². The van der Waals surface area contributed by atoms with Gasteiger partial charge >= 0.3 is 0 Å². The number of nitrogens with one attached hydrogen (secondary N) is 1. The molecule has 0 atom stereocenters. The van der Waals surface area contributed by atoms with E-state index >= 15 is 0 Å². The number of ether oxygens (including phenoxy) is 3. The molecule has 0 aliphatic carbocycles. The zero-order chi connectivity index (χ0) is 19.3. The zero-order valence-electron chi connectivity index (χ0n) is 15.1. The minimum atomic E-state index is -0.358. The Morgan fingerprint density at radius 2 is 1.71 bits per heavy atom. The molecule has 0 aromatic heterocycles. The summed E-state index contributed by atoms with van der Waals surface area (Å²) in [7, 11) is 0. The van der Waals surface area contributed by atoms with Crippen molar-refractivity contribution in [2.75, 3.05) is 18.5 Å². The van der Waals surface area contributed by atoms with Crippen LogP contribution in [0.15, 0.2) is 60.7 Å². The summed E-state index contributed by atoms with van der Waals surface area (Å²) in [6.45, 7) is 2.11. The molecule has 3 aromatic carbocycles. The Morgan fingerprint density at radius 3 is 2.50 bits per heavy atom. The van der Waals surface area contributed by atoms with Gasteiger partial charge in [-0.2, -0.15) is 0 Å². The van der Waals surface area contributed by atoms with Crippen LogP contribution in [0.25, 0.3) is 0 Å². The maximum Gasteiger partial charge on any atom is 0.163 e. The van der Waals surface area contributed by atoms with E-state index in [9.17, 15) is 4.39 Å². The topological polar surface area (TPSA) is 39.7 Å². The van der Waals surface area contributed by atoms with E-state index in [1.807, 2.05) is 42.5 Å². The molecule has 0 amide bonds. The summed E-state index contributed by atoms with van der Waals surface area (Å²) >= 11 is 6.02. The maximum atomic E-state index is 13.1. The number of hydrogen-bond donors (Lipinski definition) is 1. The lowest BCUT2D eigenvalue weighted by molar-refractivity contribution is 0.171. The van der Waals surface area contributed by atoms with Crippen LogP contribution in [0, 0.1) is 5.82 Å². The molecule has 0 saturated carbocycles. The third-order valence-corrected chi connectivity index (χ3v) is 4.72. The highest BCUT2D eigenvalue weighted by Gasteiger charge is 2.11. The summed E-state index contributed by atoms with van der Waals surface area (Å²) < 4.78 is 30.0. The molecular weight excluding hydrogens is 381 g/mol. The van der Waals surface area contributed by atoms with Crippen LogP contribution < -0.4 is 19.5 Å². The number of benzene rings is 3. The predicted octanol–water partition coefficient (Wildman–Crippen LogP) is 5.44. The van der Waals surface area contributed by atoms with Crippen LogP contribution in [-0.2, 0) is 13.2 Å². The molecule has 3 aromatic rings. The molecule has 6 heteroatoms. The first kappa shape index (κ1) is 18.4. The molecule has 0 unspecified atom stereocenters. The van der Waals surface area contributed by atoms with Gasteiger partial charge in [-0.25, -0.2) is 4.39 Å². The number of halogens is 2. The van der Waals surface area contributed by atoms with Crippen molar-refractivity contribution in [1.82, 2.24) is 0 Å². The van der Waals surface area contributed by atoms with Gasteiger partial charge < -0.3 is 19.5 Å². The lowest BCUT2D eigenvalue weighted by Gasteiger charge is -2.19. The van der Waals surface area contributed by atoms with Gasteiger partial charge in [-0.05, 0) is 42.0 Å². The third-order valence-electron chi connectivity index (χ3n) is 4.37. The van der Waals surface area contributed by atoms with Crippen LogP contribution in [0.2, 0.25) is 5.02 Å². The van der Waals surface area contributed by atoms with Gasteiger partial charge in [-0.1, -0.05) is 29.8 Å². The van der Waals surface area contributed by atoms with Gasteiger partial charge in [0.2, 0.25) is 0 Å². The van der Waals surface area contributed by atoms with E-state index in [2.05, 4.69) is 5.32 Å². The number of hydrogen-bond acceptors (Lipinski definition) is 4. The molecule has 0 saturated heterocycles. The van der Waals surface area contributed by atoms with Crippen molar-refractivity contribution in [1.29, 1.82) is 0 Å². The maximum absolute atomic E-state index is 13.1. The Morgan fingerprint density at radius 1 is 0.929 bits per heavy atom. The molecule has 1 heterocycles. The van der Waals surface area contributed by atoms with Crippen LogP contribution in [-0.4, -0.2) is 13.2 Å². The minimum Gasteiger partial charge on any atom is -0.489 e. The van der Waals surface area contributed by atoms with E-state index in [1.165, 1.54) is 12.1 Å². The highest BCUT2D eigenvalue weighted by atomic mass is 35.5. The minimum absolute atomic E-state index is 0.286. The molecule has 0 fully saturated rings. The normalized spacial score (nSPS) is 12.5. The van der Waals surface area contributed by atoms with Crippen molar-refractivity contribution in [3.63, 3.8) is 0 Å². The van der Waals surface area contributed by atoms with Gasteiger partial charge in [0.05, 0.1) is 5.02 Å². The average molecular weight is 400 g/mol. The first-order valence-electron chi connectivity index (χ1n) is 8.96.